The van der Waals surface area contributed by atoms with Crippen molar-refractivity contribution in [1.29, 1.82) is 0 Å². The third-order valence-electron chi connectivity index (χ3n) is 8.20. The molecule has 10 heteroatoms. The molecule has 0 unspecified atom stereocenters. The van der Waals surface area contributed by atoms with Crippen molar-refractivity contribution >= 4 is 23.3 Å². The number of rotatable bonds is 9. The van der Waals surface area contributed by atoms with Crippen LogP contribution >= 0.6 is 0 Å². The fourth-order valence-corrected chi connectivity index (χ4v) is 5.57. The van der Waals surface area contributed by atoms with E-state index in [1.54, 1.807) is 36.9 Å². The van der Waals surface area contributed by atoms with Gasteiger partial charge in [-0.2, -0.15) is 0 Å². The number of fused-ring (bicyclic) bond motifs is 1. The molecule has 1 aliphatic heterocycles. The number of nitrogens with zero attached hydrogens (tertiary/aromatic N) is 3. The van der Waals surface area contributed by atoms with Gasteiger partial charge >= 0.3 is 6.03 Å². The highest BCUT2D eigenvalue weighted by Crippen LogP contribution is 2.31. The van der Waals surface area contributed by atoms with Gasteiger partial charge in [0.1, 0.15) is 23.2 Å². The van der Waals surface area contributed by atoms with Gasteiger partial charge in [0.05, 0.1) is 18.2 Å². The van der Waals surface area contributed by atoms with Crippen molar-refractivity contribution in [3.8, 4) is 16.9 Å². The lowest BCUT2D eigenvalue weighted by Crippen LogP contribution is -2.49. The van der Waals surface area contributed by atoms with E-state index in [1.807, 2.05) is 25.1 Å². The fourth-order valence-electron chi connectivity index (χ4n) is 5.57. The molecule has 3 N–H and O–H groups in total. The Morgan fingerprint density at radius 3 is 2.44 bits per heavy atom. The topological polar surface area (TPSA) is 120 Å². The molecule has 5 rings (SSSR count). The van der Waals surface area contributed by atoms with Crippen LogP contribution in [-0.2, 0) is 6.54 Å². The third kappa shape index (κ3) is 7.53. The quantitative estimate of drug-likeness (QED) is 0.214. The number of carbonyl (C=O) groups is 2. The molecule has 10 nitrogen and oxygen atoms in total. The summed E-state index contributed by atoms with van der Waals surface area (Å²) in [5, 5.41) is 19.4. The van der Waals surface area contributed by atoms with Gasteiger partial charge in [-0.3, -0.25) is 9.69 Å². The lowest BCUT2D eigenvalue weighted by molar-refractivity contribution is 0.0341. The van der Waals surface area contributed by atoms with Crippen LogP contribution < -0.4 is 15.4 Å². The Balaban J connectivity index is 1.33. The molecule has 0 saturated carbocycles. The molecule has 0 saturated heterocycles. The molecule has 0 radical (unpaired) electrons. The zero-order chi connectivity index (χ0) is 32.1. The Hall–Kier alpha value is -4.67. The molecule has 45 heavy (non-hydrogen) atoms. The van der Waals surface area contributed by atoms with Crippen LogP contribution in [-0.4, -0.2) is 70.9 Å². The van der Waals surface area contributed by atoms with Crippen LogP contribution in [0.3, 0.4) is 0 Å². The van der Waals surface area contributed by atoms with Crippen LogP contribution in [0.15, 0.2) is 77.3 Å². The van der Waals surface area contributed by atoms with Crippen molar-refractivity contribution in [2.45, 2.75) is 46.4 Å². The maximum atomic E-state index is 13.8. The van der Waals surface area contributed by atoms with Crippen molar-refractivity contribution < 1.29 is 24.0 Å². The van der Waals surface area contributed by atoms with Crippen LogP contribution in [0.1, 0.15) is 41.2 Å². The predicted molar refractivity (Wildman–Crippen MR) is 174 cm³/mol. The molecule has 0 fully saturated rings. The van der Waals surface area contributed by atoms with Crippen molar-refractivity contribution in [3.05, 3.63) is 95.4 Å². The molecule has 0 bridgehead atoms. The summed E-state index contributed by atoms with van der Waals surface area (Å²) in [6.45, 7) is 8.93. The molecule has 3 amide bonds. The minimum absolute atomic E-state index is 0.0161. The molecule has 2 heterocycles. The maximum Gasteiger partial charge on any atom is 0.323 e. The number of ether oxygens (including phenoxy) is 1. The number of hydrogen-bond donors (Lipinski definition) is 3. The Morgan fingerprint density at radius 1 is 1.07 bits per heavy atom. The Morgan fingerprint density at radius 2 is 1.78 bits per heavy atom. The second-order valence-electron chi connectivity index (χ2n) is 11.9. The highest BCUT2D eigenvalue weighted by Gasteiger charge is 2.33. The normalized spacial score (nSPS) is 17.2. The highest BCUT2D eigenvalue weighted by molar-refractivity contribution is 6.03. The van der Waals surface area contributed by atoms with Gasteiger partial charge in [-0.1, -0.05) is 66.7 Å². The Kier molecular flexibility index (Phi) is 9.85. The van der Waals surface area contributed by atoms with Gasteiger partial charge in [0.15, 0.2) is 5.76 Å². The number of aliphatic hydroxyl groups is 1. The van der Waals surface area contributed by atoms with Crippen molar-refractivity contribution in [2.75, 3.05) is 37.4 Å². The average Bonchev–Trinajstić information content (AvgIpc) is 3.35. The summed E-state index contributed by atoms with van der Waals surface area (Å²) in [7, 11) is 2.06. The molecule has 236 valence electrons. The van der Waals surface area contributed by atoms with E-state index in [-0.39, 0.29) is 24.5 Å². The summed E-state index contributed by atoms with van der Waals surface area (Å²) in [5.41, 5.74) is 5.35. The van der Waals surface area contributed by atoms with Gasteiger partial charge in [0, 0.05) is 31.2 Å². The molecule has 0 aliphatic carbocycles. The van der Waals surface area contributed by atoms with Crippen LogP contribution in [0.2, 0.25) is 0 Å². The maximum absolute atomic E-state index is 13.8. The molecule has 3 aromatic carbocycles. The van der Waals surface area contributed by atoms with E-state index in [0.717, 1.165) is 6.54 Å². The number of aliphatic hydroxyl groups excluding tert-OH is 1. The minimum Gasteiger partial charge on any atom is -0.488 e. The van der Waals surface area contributed by atoms with E-state index in [1.165, 1.54) is 16.7 Å². The number of aryl methyl sites for hydroxylation is 2. The first-order valence-electron chi connectivity index (χ1n) is 15.2. The summed E-state index contributed by atoms with van der Waals surface area (Å²) in [6, 6.07) is 23.0. The van der Waals surface area contributed by atoms with Crippen LogP contribution in [0, 0.1) is 19.8 Å². The predicted octanol–water partition coefficient (Wildman–Crippen LogP) is 5.95. The SMILES string of the molecule is Cc1noc(C)c1NC(=O)Nc1ccc2c(c1)C(=O)N([C@@H](C)CO)C[C@@H](C)[C@H](CN(C)Cc1ccc(-c3ccccc3)cc1)O2. The lowest BCUT2D eigenvalue weighted by Gasteiger charge is -2.38. The molecule has 1 aromatic heterocycles. The average molecular weight is 612 g/mol. The monoisotopic (exact) mass is 611 g/mol. The first-order valence-corrected chi connectivity index (χ1v) is 15.2. The highest BCUT2D eigenvalue weighted by atomic mass is 16.5. The zero-order valence-electron chi connectivity index (χ0n) is 26.4. The van der Waals surface area contributed by atoms with Crippen LogP contribution in [0.4, 0.5) is 16.2 Å². The minimum atomic E-state index is -0.492. The van der Waals surface area contributed by atoms with Crippen LogP contribution in [0.5, 0.6) is 5.75 Å². The summed E-state index contributed by atoms with van der Waals surface area (Å²) in [5.74, 6) is 0.646. The van der Waals surface area contributed by atoms with Gasteiger partial charge in [-0.05, 0) is 62.7 Å². The number of urea groups is 1. The second-order valence-corrected chi connectivity index (χ2v) is 11.9. The van der Waals surface area contributed by atoms with E-state index < -0.39 is 12.1 Å². The number of nitrogens with one attached hydrogen (secondary N) is 2. The van der Waals surface area contributed by atoms with E-state index in [0.29, 0.717) is 47.2 Å². The molecule has 4 aromatic rings. The number of amides is 3. The number of carbonyl (C=O) groups excluding carboxylic acids is 2. The second kappa shape index (κ2) is 14.0. The molecule has 3 atom stereocenters. The molecular formula is C35H41N5O5. The van der Waals surface area contributed by atoms with E-state index in [9.17, 15) is 14.7 Å². The van der Waals surface area contributed by atoms with Gasteiger partial charge in [0.2, 0.25) is 0 Å². The van der Waals surface area contributed by atoms with Crippen molar-refractivity contribution in [3.63, 3.8) is 0 Å². The number of anilines is 2. The Bertz CT molecular complexity index is 1600. The van der Waals surface area contributed by atoms with E-state index in [2.05, 4.69) is 71.1 Å². The lowest BCUT2D eigenvalue weighted by atomic mass is 9.99. The molecule has 1 aliphatic rings. The number of likely N-dealkylation sites (N-methyl/N-ethyl adjacent to an activating group) is 1. The molecule has 0 spiro atoms. The zero-order valence-corrected chi connectivity index (χ0v) is 26.4. The molecular weight excluding hydrogens is 570 g/mol. The third-order valence-corrected chi connectivity index (χ3v) is 8.20. The van der Waals surface area contributed by atoms with Gasteiger partial charge < -0.3 is 29.9 Å². The fraction of sp³-hybridized carbons (Fsp3) is 0.343. The summed E-state index contributed by atoms with van der Waals surface area (Å²) >= 11 is 0. The van der Waals surface area contributed by atoms with E-state index in [4.69, 9.17) is 9.26 Å². The number of aromatic nitrogens is 1. The van der Waals surface area contributed by atoms with Crippen molar-refractivity contribution in [2.24, 2.45) is 5.92 Å². The first-order chi connectivity index (χ1) is 21.6. The summed E-state index contributed by atoms with van der Waals surface area (Å²) < 4.78 is 11.7. The van der Waals surface area contributed by atoms with Gasteiger partial charge in [0.25, 0.3) is 5.91 Å². The Labute approximate surface area is 264 Å². The number of hydrogen-bond acceptors (Lipinski definition) is 7. The van der Waals surface area contributed by atoms with Gasteiger partial charge in [-0.15, -0.1) is 0 Å². The standard InChI is InChI=1S/C35H41N5O5/c1-22-18-40(23(2)21-41)34(42)30-17-29(36-35(43)37-33-24(3)38-45-25(33)4)15-16-31(30)44-32(22)20-39(5)19-26-11-13-28(14-12-26)27-9-7-6-8-10-27/h6-17,22-23,32,41H,18-21H2,1-5H3,(H2,36,37,43)/t22-,23+,32+/m1/s1. The first kappa shape index (κ1) is 31.7. The van der Waals surface area contributed by atoms with Crippen LogP contribution in [0.25, 0.3) is 11.1 Å². The summed E-state index contributed by atoms with van der Waals surface area (Å²) in [6.07, 6.45) is -0.236. The largest absolute Gasteiger partial charge is 0.488 e. The van der Waals surface area contributed by atoms with Crippen molar-refractivity contribution in [1.82, 2.24) is 15.0 Å². The smallest absolute Gasteiger partial charge is 0.323 e. The van der Waals surface area contributed by atoms with Gasteiger partial charge in [-0.25, -0.2) is 4.79 Å². The summed E-state index contributed by atoms with van der Waals surface area (Å²) in [4.78, 5) is 30.5. The van der Waals surface area contributed by atoms with E-state index >= 15 is 0 Å². The number of benzene rings is 3.